The van der Waals surface area contributed by atoms with Crippen LogP contribution in [0, 0.1) is 6.92 Å². The lowest BCUT2D eigenvalue weighted by Gasteiger charge is -2.26. The average Bonchev–Trinajstić information content (AvgIpc) is 3.45. The Labute approximate surface area is 217 Å². The first-order chi connectivity index (χ1) is 17.8. The van der Waals surface area contributed by atoms with Gasteiger partial charge in [0.15, 0.2) is 16.4 Å². The molecule has 1 amide bonds. The number of likely N-dealkylation sites (N-methyl/N-ethyl adjacent to an activating group) is 1. The van der Waals surface area contributed by atoms with Gasteiger partial charge in [-0.1, -0.05) is 48.0 Å². The van der Waals surface area contributed by atoms with Crippen LogP contribution in [-0.2, 0) is 25.8 Å². The van der Waals surface area contributed by atoms with E-state index in [0.717, 1.165) is 28.8 Å². The van der Waals surface area contributed by atoms with E-state index in [9.17, 15) is 18.0 Å². The fraction of sp³-hybridized carbons (Fsp3) is 0.345. The molecule has 5 rings (SSSR count). The Balaban J connectivity index is 1.42. The van der Waals surface area contributed by atoms with E-state index in [0.29, 0.717) is 35.9 Å². The van der Waals surface area contributed by atoms with Crippen LogP contribution in [0.25, 0.3) is 22.6 Å². The largest absolute Gasteiger partial charge is 0.452 e. The summed E-state index contributed by atoms with van der Waals surface area (Å²) in [5.74, 6) is -0.906. The van der Waals surface area contributed by atoms with E-state index in [1.165, 1.54) is 10.5 Å². The fourth-order valence-electron chi connectivity index (χ4n) is 5.32. The van der Waals surface area contributed by atoms with Gasteiger partial charge in [-0.15, -0.1) is 0 Å². The van der Waals surface area contributed by atoms with Crippen LogP contribution in [-0.4, -0.2) is 60.9 Å². The minimum Gasteiger partial charge on any atom is -0.452 e. The second-order valence-corrected chi connectivity index (χ2v) is 12.0. The SMILES string of the molecule is CCN(C(=O)COC(=O)c1c2c(nc3ccccc13)/C(=C\c1ccc(C)cc1)CC2)C1CCS(=O)(=O)C1. The first-order valence-electron chi connectivity index (χ1n) is 12.6. The highest BCUT2D eigenvalue weighted by Gasteiger charge is 2.34. The molecule has 1 aromatic heterocycles. The Morgan fingerprint density at radius 1 is 1.11 bits per heavy atom. The quantitative estimate of drug-likeness (QED) is 0.454. The van der Waals surface area contributed by atoms with Crippen molar-refractivity contribution in [2.75, 3.05) is 24.7 Å². The molecule has 2 heterocycles. The Bertz CT molecular complexity index is 1510. The van der Waals surface area contributed by atoms with Crippen LogP contribution in [0.2, 0.25) is 0 Å². The van der Waals surface area contributed by atoms with Gasteiger partial charge in [-0.2, -0.15) is 0 Å². The number of para-hydroxylation sites is 1. The molecular formula is C29H30N2O5S. The topological polar surface area (TPSA) is 93.6 Å². The van der Waals surface area contributed by atoms with Crippen LogP contribution in [0.3, 0.4) is 0 Å². The molecule has 0 spiro atoms. The van der Waals surface area contributed by atoms with Gasteiger partial charge in [-0.25, -0.2) is 18.2 Å². The van der Waals surface area contributed by atoms with Crippen LogP contribution < -0.4 is 0 Å². The number of carbonyl (C=O) groups excluding carboxylic acids is 2. The van der Waals surface area contributed by atoms with E-state index in [-0.39, 0.29) is 23.5 Å². The van der Waals surface area contributed by atoms with E-state index < -0.39 is 22.4 Å². The second kappa shape index (κ2) is 10.1. The van der Waals surface area contributed by atoms with Gasteiger partial charge in [0.2, 0.25) is 0 Å². The normalized spacial score (nSPS) is 19.2. The molecule has 1 fully saturated rings. The van der Waals surface area contributed by atoms with Gasteiger partial charge in [0.1, 0.15) is 0 Å². The molecule has 7 nitrogen and oxygen atoms in total. The van der Waals surface area contributed by atoms with Gasteiger partial charge in [-0.3, -0.25) is 4.79 Å². The maximum atomic E-state index is 13.4. The summed E-state index contributed by atoms with van der Waals surface area (Å²) >= 11 is 0. The number of benzene rings is 2. The number of amides is 1. The highest BCUT2D eigenvalue weighted by molar-refractivity contribution is 7.91. The minimum atomic E-state index is -3.13. The molecule has 0 bridgehead atoms. The molecule has 192 valence electrons. The summed E-state index contributed by atoms with van der Waals surface area (Å²) in [7, 11) is -3.13. The summed E-state index contributed by atoms with van der Waals surface area (Å²) in [6.45, 7) is 3.78. The number of hydrogen-bond acceptors (Lipinski definition) is 6. The molecule has 2 aromatic carbocycles. The van der Waals surface area contributed by atoms with Gasteiger partial charge < -0.3 is 9.64 Å². The molecule has 37 heavy (non-hydrogen) atoms. The van der Waals surface area contributed by atoms with Crippen molar-refractivity contribution in [3.05, 3.63) is 76.5 Å². The van der Waals surface area contributed by atoms with E-state index in [1.54, 1.807) is 6.92 Å². The molecule has 1 unspecified atom stereocenters. The van der Waals surface area contributed by atoms with Crippen molar-refractivity contribution in [2.24, 2.45) is 0 Å². The predicted octanol–water partition coefficient (Wildman–Crippen LogP) is 4.22. The van der Waals surface area contributed by atoms with Crippen molar-refractivity contribution in [3.8, 4) is 0 Å². The van der Waals surface area contributed by atoms with Gasteiger partial charge in [0.25, 0.3) is 5.91 Å². The van der Waals surface area contributed by atoms with Crippen molar-refractivity contribution >= 4 is 44.3 Å². The molecule has 1 atom stereocenters. The number of ether oxygens (including phenoxy) is 1. The Morgan fingerprint density at radius 3 is 2.57 bits per heavy atom. The lowest BCUT2D eigenvalue weighted by atomic mass is 10.0. The van der Waals surface area contributed by atoms with Gasteiger partial charge in [-0.05, 0) is 62.0 Å². The molecule has 3 aromatic rings. The molecule has 1 aliphatic heterocycles. The maximum absolute atomic E-state index is 13.4. The van der Waals surface area contributed by atoms with Crippen LogP contribution in [0.5, 0.6) is 0 Å². The first kappa shape index (κ1) is 25.1. The summed E-state index contributed by atoms with van der Waals surface area (Å²) < 4.78 is 29.3. The molecule has 0 saturated carbocycles. The number of nitrogens with zero attached hydrogens (tertiary/aromatic N) is 2. The number of sulfone groups is 1. The van der Waals surface area contributed by atoms with Crippen molar-refractivity contribution in [3.63, 3.8) is 0 Å². The number of aromatic nitrogens is 1. The predicted molar refractivity (Wildman–Crippen MR) is 144 cm³/mol. The average molecular weight is 519 g/mol. The highest BCUT2D eigenvalue weighted by Crippen LogP contribution is 2.37. The third-order valence-corrected chi connectivity index (χ3v) is 8.95. The lowest BCUT2D eigenvalue weighted by molar-refractivity contribution is -0.136. The number of aryl methyl sites for hydroxylation is 1. The van der Waals surface area contributed by atoms with Gasteiger partial charge in [0.05, 0.1) is 28.3 Å². The zero-order chi connectivity index (χ0) is 26.2. The highest BCUT2D eigenvalue weighted by atomic mass is 32.2. The second-order valence-electron chi connectivity index (χ2n) is 9.72. The third kappa shape index (κ3) is 5.16. The fourth-order valence-corrected chi connectivity index (χ4v) is 7.05. The summed E-state index contributed by atoms with van der Waals surface area (Å²) in [6, 6.07) is 15.4. The summed E-state index contributed by atoms with van der Waals surface area (Å²) in [5, 5.41) is 0.699. The molecule has 2 aliphatic rings. The first-order valence-corrected chi connectivity index (χ1v) is 14.4. The number of hydrogen-bond donors (Lipinski definition) is 0. The van der Waals surface area contributed by atoms with Crippen molar-refractivity contribution in [1.29, 1.82) is 0 Å². The monoisotopic (exact) mass is 518 g/mol. The third-order valence-electron chi connectivity index (χ3n) is 7.20. The molecule has 1 saturated heterocycles. The van der Waals surface area contributed by atoms with Crippen LogP contribution >= 0.6 is 0 Å². The van der Waals surface area contributed by atoms with E-state index in [1.807, 2.05) is 31.2 Å². The number of fused-ring (bicyclic) bond motifs is 2. The van der Waals surface area contributed by atoms with Crippen LogP contribution in [0.15, 0.2) is 48.5 Å². The standard InChI is InChI=1S/C29H30N2O5S/c1-3-31(22-14-15-37(34,35)18-22)26(32)17-36-29(33)27-23-6-4-5-7-25(23)30-28-21(12-13-24(27)28)16-20-10-8-19(2)9-11-20/h4-11,16,22H,3,12-15,17-18H2,1-2H3/b21-16-. The summed E-state index contributed by atoms with van der Waals surface area (Å²) in [6.07, 6.45) is 3.94. The van der Waals surface area contributed by atoms with E-state index in [2.05, 4.69) is 30.3 Å². The zero-order valence-electron chi connectivity index (χ0n) is 21.1. The Morgan fingerprint density at radius 2 is 1.86 bits per heavy atom. The molecule has 0 radical (unpaired) electrons. The maximum Gasteiger partial charge on any atom is 0.339 e. The number of esters is 1. The zero-order valence-corrected chi connectivity index (χ0v) is 21.9. The van der Waals surface area contributed by atoms with Gasteiger partial charge >= 0.3 is 5.97 Å². The van der Waals surface area contributed by atoms with Crippen molar-refractivity contribution in [2.45, 2.75) is 39.2 Å². The Kier molecular flexibility index (Phi) is 6.86. The number of carbonyl (C=O) groups is 2. The molecule has 1 aliphatic carbocycles. The molecule has 0 N–H and O–H groups in total. The van der Waals surface area contributed by atoms with Crippen LogP contribution in [0.1, 0.15) is 52.5 Å². The van der Waals surface area contributed by atoms with Crippen LogP contribution in [0.4, 0.5) is 0 Å². The molecular weight excluding hydrogens is 488 g/mol. The van der Waals surface area contributed by atoms with Gasteiger partial charge in [0, 0.05) is 18.0 Å². The number of allylic oxidation sites excluding steroid dienone is 1. The Hall–Kier alpha value is -3.52. The minimum absolute atomic E-state index is 0.0425. The van der Waals surface area contributed by atoms with Crippen molar-refractivity contribution < 1.29 is 22.7 Å². The molecule has 8 heteroatoms. The van der Waals surface area contributed by atoms with E-state index >= 15 is 0 Å². The number of pyridine rings is 1. The number of rotatable bonds is 6. The van der Waals surface area contributed by atoms with Crippen molar-refractivity contribution in [1.82, 2.24) is 9.88 Å². The summed E-state index contributed by atoms with van der Waals surface area (Å²) in [4.78, 5) is 32.7. The lowest BCUT2D eigenvalue weighted by Crippen LogP contribution is -2.43. The van der Waals surface area contributed by atoms with E-state index in [4.69, 9.17) is 9.72 Å². The smallest absolute Gasteiger partial charge is 0.339 e. The summed E-state index contributed by atoms with van der Waals surface area (Å²) in [5.41, 5.74) is 6.11.